The zero-order valence-electron chi connectivity index (χ0n) is 18.4. The first-order valence-electron chi connectivity index (χ1n) is 10.9. The van der Waals surface area contributed by atoms with Gasteiger partial charge in [0.25, 0.3) is 0 Å². The van der Waals surface area contributed by atoms with Crippen LogP contribution in [0.15, 0.2) is 54.9 Å². The van der Waals surface area contributed by atoms with Gasteiger partial charge in [0.05, 0.1) is 6.54 Å². The molecule has 6 heteroatoms. The highest BCUT2D eigenvalue weighted by atomic mass is 35.5. The van der Waals surface area contributed by atoms with Crippen molar-refractivity contribution < 1.29 is 4.79 Å². The van der Waals surface area contributed by atoms with E-state index in [1.54, 1.807) is 12.1 Å². The summed E-state index contributed by atoms with van der Waals surface area (Å²) in [4.78, 5) is 19.3. The normalized spacial score (nSPS) is 14.9. The molecule has 4 nitrogen and oxygen atoms in total. The maximum absolute atomic E-state index is 12.7. The van der Waals surface area contributed by atoms with E-state index in [1.165, 1.54) is 11.1 Å². The van der Waals surface area contributed by atoms with Crippen LogP contribution < -0.4 is 0 Å². The first kappa shape index (κ1) is 22.6. The Kier molecular flexibility index (Phi) is 7.02. The molecule has 0 N–H and O–H groups in total. The van der Waals surface area contributed by atoms with Crippen molar-refractivity contribution in [3.8, 4) is 0 Å². The molecule has 1 saturated heterocycles. The number of aromatic nitrogens is 2. The number of carbonyl (C=O) groups is 1. The molecule has 166 valence electrons. The fourth-order valence-electron chi connectivity index (χ4n) is 4.23. The van der Waals surface area contributed by atoms with Crippen LogP contribution in [0.5, 0.6) is 0 Å². The summed E-state index contributed by atoms with van der Waals surface area (Å²) >= 11 is 12.5. The van der Waals surface area contributed by atoms with Gasteiger partial charge in [0, 0.05) is 47.5 Å². The molecular formula is C26H27Cl2N3O. The van der Waals surface area contributed by atoms with Crippen molar-refractivity contribution in [2.45, 2.75) is 39.2 Å². The molecule has 0 radical (unpaired) electrons. The molecular weight excluding hydrogens is 441 g/mol. The number of rotatable bonds is 5. The van der Waals surface area contributed by atoms with Crippen molar-refractivity contribution in [2.24, 2.45) is 0 Å². The van der Waals surface area contributed by atoms with Crippen LogP contribution in [0.1, 0.15) is 46.8 Å². The van der Waals surface area contributed by atoms with E-state index in [1.807, 2.05) is 35.5 Å². The molecule has 0 saturated carbocycles. The standard InChI is InChI=1S/C26H27Cl2N3O/c1-18-3-4-19(2)21(15-18)5-8-25(32)30-12-9-20(10-13-30)26-29-11-14-31(26)17-22-16-23(27)6-7-24(22)28/h3-8,11,14-16,20H,9-10,12-13,17H2,1-2H3. The number of hydrogen-bond acceptors (Lipinski definition) is 2. The largest absolute Gasteiger partial charge is 0.339 e. The number of imidazole rings is 1. The van der Waals surface area contributed by atoms with E-state index in [4.69, 9.17) is 23.2 Å². The summed E-state index contributed by atoms with van der Waals surface area (Å²) in [6, 6.07) is 11.8. The molecule has 1 aromatic heterocycles. The Morgan fingerprint density at radius 1 is 1.12 bits per heavy atom. The van der Waals surface area contributed by atoms with Gasteiger partial charge in [0.15, 0.2) is 0 Å². The highest BCUT2D eigenvalue weighted by Gasteiger charge is 2.25. The van der Waals surface area contributed by atoms with Gasteiger partial charge < -0.3 is 9.47 Å². The average Bonchev–Trinajstić information content (AvgIpc) is 3.25. The van der Waals surface area contributed by atoms with Crippen molar-refractivity contribution in [2.75, 3.05) is 13.1 Å². The lowest BCUT2D eigenvalue weighted by Gasteiger charge is -2.31. The lowest BCUT2D eigenvalue weighted by Crippen LogP contribution is -2.37. The lowest BCUT2D eigenvalue weighted by molar-refractivity contribution is -0.127. The number of likely N-dealkylation sites (tertiary alicyclic amines) is 1. The second kappa shape index (κ2) is 9.93. The molecule has 3 aromatic rings. The number of nitrogens with zero attached hydrogens (tertiary/aromatic N) is 3. The van der Waals surface area contributed by atoms with E-state index in [2.05, 4.69) is 41.6 Å². The number of carbonyl (C=O) groups excluding carboxylic acids is 1. The van der Waals surface area contributed by atoms with Gasteiger partial charge in [0.2, 0.25) is 5.91 Å². The first-order chi connectivity index (χ1) is 15.4. The van der Waals surface area contributed by atoms with Crippen molar-refractivity contribution in [3.05, 3.63) is 93.0 Å². The molecule has 0 bridgehead atoms. The summed E-state index contributed by atoms with van der Waals surface area (Å²) in [5.41, 5.74) is 4.43. The third kappa shape index (κ3) is 5.25. The highest BCUT2D eigenvalue weighted by molar-refractivity contribution is 6.33. The minimum Gasteiger partial charge on any atom is -0.339 e. The summed E-state index contributed by atoms with van der Waals surface area (Å²) in [5, 5.41) is 1.37. The molecule has 0 aliphatic carbocycles. The van der Waals surface area contributed by atoms with E-state index in [-0.39, 0.29) is 5.91 Å². The van der Waals surface area contributed by atoms with E-state index in [0.29, 0.717) is 22.5 Å². The second-order valence-corrected chi connectivity index (χ2v) is 9.29. The van der Waals surface area contributed by atoms with E-state index < -0.39 is 0 Å². The third-order valence-corrected chi connectivity index (χ3v) is 6.71. The van der Waals surface area contributed by atoms with Crippen LogP contribution in [-0.2, 0) is 11.3 Å². The number of halogens is 2. The smallest absolute Gasteiger partial charge is 0.246 e. The predicted molar refractivity (Wildman–Crippen MR) is 131 cm³/mol. The van der Waals surface area contributed by atoms with Gasteiger partial charge in [-0.05, 0) is 67.7 Å². The number of hydrogen-bond donors (Lipinski definition) is 0. The molecule has 0 unspecified atom stereocenters. The van der Waals surface area contributed by atoms with Gasteiger partial charge in [-0.3, -0.25) is 4.79 Å². The predicted octanol–water partition coefficient (Wildman–Crippen LogP) is 6.27. The zero-order chi connectivity index (χ0) is 22.7. The Labute approximate surface area is 199 Å². The monoisotopic (exact) mass is 467 g/mol. The number of aryl methyl sites for hydroxylation is 2. The maximum atomic E-state index is 12.7. The van der Waals surface area contributed by atoms with Gasteiger partial charge in [-0.2, -0.15) is 0 Å². The second-order valence-electron chi connectivity index (χ2n) is 8.44. The van der Waals surface area contributed by atoms with Crippen molar-refractivity contribution >= 4 is 35.2 Å². The molecule has 0 spiro atoms. The summed E-state index contributed by atoms with van der Waals surface area (Å²) < 4.78 is 2.14. The zero-order valence-corrected chi connectivity index (χ0v) is 19.9. The average molecular weight is 468 g/mol. The number of amides is 1. The summed E-state index contributed by atoms with van der Waals surface area (Å²) in [6.45, 7) is 6.21. The molecule has 0 atom stereocenters. The van der Waals surface area contributed by atoms with E-state index in [9.17, 15) is 4.79 Å². The summed E-state index contributed by atoms with van der Waals surface area (Å²) in [7, 11) is 0. The Morgan fingerprint density at radius 2 is 1.91 bits per heavy atom. The minimum absolute atomic E-state index is 0.0680. The van der Waals surface area contributed by atoms with Crippen LogP contribution in [-0.4, -0.2) is 33.4 Å². The summed E-state index contributed by atoms with van der Waals surface area (Å²) in [6.07, 6.45) is 9.23. The van der Waals surface area contributed by atoms with Crippen molar-refractivity contribution in [1.82, 2.24) is 14.5 Å². The van der Waals surface area contributed by atoms with Gasteiger partial charge in [-0.1, -0.05) is 47.0 Å². The van der Waals surface area contributed by atoms with Crippen molar-refractivity contribution in [1.29, 1.82) is 0 Å². The molecule has 1 fully saturated rings. The lowest BCUT2D eigenvalue weighted by atomic mass is 9.95. The van der Waals surface area contributed by atoms with Gasteiger partial charge in [0.1, 0.15) is 5.82 Å². The molecule has 2 aromatic carbocycles. The van der Waals surface area contributed by atoms with Crippen LogP contribution in [0.25, 0.3) is 6.08 Å². The first-order valence-corrected chi connectivity index (χ1v) is 11.7. The van der Waals surface area contributed by atoms with Crippen molar-refractivity contribution in [3.63, 3.8) is 0 Å². The Morgan fingerprint density at radius 3 is 2.69 bits per heavy atom. The molecule has 1 aliphatic heterocycles. The van der Waals surface area contributed by atoms with E-state index in [0.717, 1.165) is 42.9 Å². The number of benzene rings is 2. The van der Waals surface area contributed by atoms with Gasteiger partial charge >= 0.3 is 0 Å². The van der Waals surface area contributed by atoms with Crippen LogP contribution in [0.2, 0.25) is 10.0 Å². The van der Waals surface area contributed by atoms with Crippen LogP contribution in [0.4, 0.5) is 0 Å². The van der Waals surface area contributed by atoms with Crippen LogP contribution in [0, 0.1) is 13.8 Å². The third-order valence-electron chi connectivity index (χ3n) is 6.11. The van der Waals surface area contributed by atoms with Gasteiger partial charge in [-0.15, -0.1) is 0 Å². The fourth-order valence-corrected chi connectivity index (χ4v) is 4.60. The molecule has 2 heterocycles. The highest BCUT2D eigenvalue weighted by Crippen LogP contribution is 2.29. The van der Waals surface area contributed by atoms with Crippen LogP contribution >= 0.6 is 23.2 Å². The molecule has 1 aliphatic rings. The Hall–Kier alpha value is -2.56. The summed E-state index contributed by atoms with van der Waals surface area (Å²) in [5.74, 6) is 1.42. The number of piperidine rings is 1. The van der Waals surface area contributed by atoms with Crippen LogP contribution in [0.3, 0.4) is 0 Å². The molecule has 1 amide bonds. The minimum atomic E-state index is 0.0680. The quantitative estimate of drug-likeness (QED) is 0.414. The molecule has 4 rings (SSSR count). The Bertz CT molecular complexity index is 1140. The maximum Gasteiger partial charge on any atom is 0.246 e. The topological polar surface area (TPSA) is 38.1 Å². The fraction of sp³-hybridized carbons (Fsp3) is 0.308. The van der Waals surface area contributed by atoms with Gasteiger partial charge in [-0.25, -0.2) is 4.98 Å². The van der Waals surface area contributed by atoms with E-state index >= 15 is 0 Å². The SMILES string of the molecule is Cc1ccc(C)c(C=CC(=O)N2CCC(c3nccn3Cc3cc(Cl)ccc3Cl)CC2)c1. The molecule has 32 heavy (non-hydrogen) atoms. The Balaban J connectivity index is 1.39.